The van der Waals surface area contributed by atoms with Crippen LogP contribution in [0.1, 0.15) is 77.6 Å². The monoisotopic (exact) mass is 330 g/mol. The van der Waals surface area contributed by atoms with Crippen molar-refractivity contribution in [1.82, 2.24) is 0 Å². The Morgan fingerprint density at radius 3 is 2.26 bits per heavy atom. The van der Waals surface area contributed by atoms with Gasteiger partial charge in [-0.1, -0.05) is 57.6 Å². The standard InChI is InChI=1S/C18H34O5/c1-2-3-4-6-9-12-15(19)18(23)16(20)13-10-7-5-8-11-14-17(21)22/h9,12,15-16,18-20,23H,2-8,10-11,13-14H2,1H3,(H,21,22)/b12-9-/t15-,16+,18-/m1/s1. The summed E-state index contributed by atoms with van der Waals surface area (Å²) >= 11 is 0. The maximum Gasteiger partial charge on any atom is 0.303 e. The first-order valence-electron chi connectivity index (χ1n) is 8.91. The summed E-state index contributed by atoms with van der Waals surface area (Å²) in [6.07, 6.45) is 9.36. The maximum atomic E-state index is 10.4. The number of hydrogen-bond acceptors (Lipinski definition) is 4. The smallest absolute Gasteiger partial charge is 0.303 e. The average Bonchev–Trinajstić information content (AvgIpc) is 2.52. The van der Waals surface area contributed by atoms with Gasteiger partial charge in [0.15, 0.2) is 0 Å². The Kier molecular flexibility index (Phi) is 14.1. The van der Waals surface area contributed by atoms with E-state index in [0.29, 0.717) is 12.8 Å². The topological polar surface area (TPSA) is 98.0 Å². The summed E-state index contributed by atoms with van der Waals surface area (Å²) in [6.45, 7) is 2.13. The highest BCUT2D eigenvalue weighted by atomic mass is 16.4. The van der Waals surface area contributed by atoms with Crippen LogP contribution in [-0.2, 0) is 4.79 Å². The highest BCUT2D eigenvalue weighted by Gasteiger charge is 2.21. The second-order valence-corrected chi connectivity index (χ2v) is 6.17. The highest BCUT2D eigenvalue weighted by molar-refractivity contribution is 5.66. The Morgan fingerprint density at radius 1 is 0.957 bits per heavy atom. The Hall–Kier alpha value is -0.910. The zero-order valence-electron chi connectivity index (χ0n) is 14.4. The van der Waals surface area contributed by atoms with Crippen molar-refractivity contribution in [1.29, 1.82) is 0 Å². The molecule has 0 aliphatic heterocycles. The predicted molar refractivity (Wildman–Crippen MR) is 91.3 cm³/mol. The molecule has 0 fully saturated rings. The fourth-order valence-corrected chi connectivity index (χ4v) is 2.42. The van der Waals surface area contributed by atoms with Crippen molar-refractivity contribution in [3.8, 4) is 0 Å². The van der Waals surface area contributed by atoms with E-state index in [4.69, 9.17) is 5.11 Å². The molecule has 5 heteroatoms. The van der Waals surface area contributed by atoms with Gasteiger partial charge in [-0.15, -0.1) is 0 Å². The highest BCUT2D eigenvalue weighted by Crippen LogP contribution is 2.13. The second-order valence-electron chi connectivity index (χ2n) is 6.17. The summed E-state index contributed by atoms with van der Waals surface area (Å²) in [5, 5.41) is 38.1. The van der Waals surface area contributed by atoms with E-state index in [1.807, 2.05) is 6.08 Å². The van der Waals surface area contributed by atoms with Gasteiger partial charge in [-0.05, 0) is 25.7 Å². The number of carboxylic acids is 1. The van der Waals surface area contributed by atoms with Crippen LogP contribution < -0.4 is 0 Å². The van der Waals surface area contributed by atoms with Crippen molar-refractivity contribution in [3.63, 3.8) is 0 Å². The third-order valence-electron chi connectivity index (χ3n) is 3.94. The minimum absolute atomic E-state index is 0.206. The van der Waals surface area contributed by atoms with Crippen LogP contribution in [0.3, 0.4) is 0 Å². The van der Waals surface area contributed by atoms with Gasteiger partial charge in [-0.2, -0.15) is 0 Å². The summed E-state index contributed by atoms with van der Waals surface area (Å²) in [5.74, 6) is -0.764. The van der Waals surface area contributed by atoms with Crippen LogP contribution in [0.5, 0.6) is 0 Å². The second kappa shape index (κ2) is 14.7. The lowest BCUT2D eigenvalue weighted by molar-refractivity contribution is -0.137. The fraction of sp³-hybridized carbons (Fsp3) is 0.833. The van der Waals surface area contributed by atoms with Crippen LogP contribution in [0.4, 0.5) is 0 Å². The van der Waals surface area contributed by atoms with E-state index in [9.17, 15) is 20.1 Å². The molecule has 0 heterocycles. The normalized spacial score (nSPS) is 15.7. The predicted octanol–water partition coefficient (Wildman–Crippen LogP) is 3.02. The molecule has 0 aromatic carbocycles. The lowest BCUT2D eigenvalue weighted by Gasteiger charge is -2.20. The van der Waals surface area contributed by atoms with E-state index in [0.717, 1.165) is 51.4 Å². The van der Waals surface area contributed by atoms with E-state index >= 15 is 0 Å². The SMILES string of the molecule is CCCCC/C=C\[C@@H](O)[C@@H](O)[C@@H](O)CCCCCCCC(=O)O. The summed E-state index contributed by atoms with van der Waals surface area (Å²) in [4.78, 5) is 10.4. The summed E-state index contributed by atoms with van der Waals surface area (Å²) < 4.78 is 0. The van der Waals surface area contributed by atoms with Gasteiger partial charge >= 0.3 is 5.97 Å². The van der Waals surface area contributed by atoms with Gasteiger partial charge in [-0.25, -0.2) is 0 Å². The molecule has 5 nitrogen and oxygen atoms in total. The van der Waals surface area contributed by atoms with Gasteiger partial charge in [0.25, 0.3) is 0 Å². The van der Waals surface area contributed by atoms with Gasteiger partial charge in [-0.3, -0.25) is 4.79 Å². The number of carboxylic acid groups (broad SMARTS) is 1. The average molecular weight is 330 g/mol. The Balaban J connectivity index is 3.71. The lowest BCUT2D eigenvalue weighted by Crippen LogP contribution is -2.36. The molecule has 0 amide bonds. The van der Waals surface area contributed by atoms with E-state index < -0.39 is 24.3 Å². The number of aliphatic hydroxyl groups excluding tert-OH is 3. The van der Waals surface area contributed by atoms with E-state index in [1.54, 1.807) is 6.08 Å². The molecule has 0 radical (unpaired) electrons. The molecule has 23 heavy (non-hydrogen) atoms. The number of allylic oxidation sites excluding steroid dienone is 1. The molecule has 4 N–H and O–H groups in total. The van der Waals surface area contributed by atoms with Crippen LogP contribution in [0.15, 0.2) is 12.2 Å². The van der Waals surface area contributed by atoms with Crippen LogP contribution in [-0.4, -0.2) is 44.7 Å². The quantitative estimate of drug-likeness (QED) is 0.273. The van der Waals surface area contributed by atoms with Crippen LogP contribution in [0, 0.1) is 0 Å². The van der Waals surface area contributed by atoms with Crippen LogP contribution in [0.2, 0.25) is 0 Å². The van der Waals surface area contributed by atoms with Gasteiger partial charge in [0.2, 0.25) is 0 Å². The van der Waals surface area contributed by atoms with Gasteiger partial charge in [0.05, 0.1) is 6.10 Å². The van der Waals surface area contributed by atoms with E-state index in [1.165, 1.54) is 0 Å². The molecule has 0 aromatic rings. The van der Waals surface area contributed by atoms with Gasteiger partial charge < -0.3 is 20.4 Å². The number of hydrogen-bond donors (Lipinski definition) is 4. The Morgan fingerprint density at radius 2 is 1.61 bits per heavy atom. The maximum absolute atomic E-state index is 10.4. The largest absolute Gasteiger partial charge is 0.481 e. The summed E-state index contributed by atoms with van der Waals surface area (Å²) in [6, 6.07) is 0. The molecule has 0 unspecified atom stereocenters. The molecule has 0 aromatic heterocycles. The first-order chi connectivity index (χ1) is 11.0. The zero-order chi connectivity index (χ0) is 17.5. The molecular formula is C18H34O5. The molecule has 0 saturated heterocycles. The minimum atomic E-state index is -1.15. The molecule has 0 saturated carbocycles. The Labute approximate surface area is 140 Å². The third kappa shape index (κ3) is 13.2. The van der Waals surface area contributed by atoms with Crippen LogP contribution >= 0.6 is 0 Å². The number of aliphatic hydroxyl groups is 3. The molecule has 0 rings (SSSR count). The molecule has 0 aliphatic carbocycles. The van der Waals surface area contributed by atoms with Crippen molar-refractivity contribution in [2.45, 2.75) is 95.9 Å². The molecule has 3 atom stereocenters. The number of aliphatic carboxylic acids is 1. The number of carbonyl (C=O) groups is 1. The van der Waals surface area contributed by atoms with Crippen molar-refractivity contribution in [3.05, 3.63) is 12.2 Å². The van der Waals surface area contributed by atoms with Crippen molar-refractivity contribution in [2.24, 2.45) is 0 Å². The fourth-order valence-electron chi connectivity index (χ4n) is 2.42. The van der Waals surface area contributed by atoms with Crippen LogP contribution in [0.25, 0.3) is 0 Å². The van der Waals surface area contributed by atoms with Gasteiger partial charge in [0.1, 0.15) is 12.2 Å². The first kappa shape index (κ1) is 22.1. The van der Waals surface area contributed by atoms with Crippen molar-refractivity contribution < 1.29 is 25.2 Å². The summed E-state index contributed by atoms with van der Waals surface area (Å²) in [7, 11) is 0. The molecule has 0 bridgehead atoms. The van der Waals surface area contributed by atoms with Gasteiger partial charge in [0, 0.05) is 6.42 Å². The number of unbranched alkanes of at least 4 members (excludes halogenated alkanes) is 7. The molecule has 0 aliphatic rings. The van der Waals surface area contributed by atoms with Crippen molar-refractivity contribution in [2.75, 3.05) is 0 Å². The Bertz CT molecular complexity index is 317. The third-order valence-corrected chi connectivity index (χ3v) is 3.94. The zero-order valence-corrected chi connectivity index (χ0v) is 14.4. The molecular weight excluding hydrogens is 296 g/mol. The minimum Gasteiger partial charge on any atom is -0.481 e. The number of rotatable bonds is 15. The molecule has 136 valence electrons. The first-order valence-corrected chi connectivity index (χ1v) is 8.91. The van der Waals surface area contributed by atoms with E-state index in [2.05, 4.69) is 6.92 Å². The molecule has 0 spiro atoms. The van der Waals surface area contributed by atoms with Crippen molar-refractivity contribution >= 4 is 5.97 Å². The summed E-state index contributed by atoms with van der Waals surface area (Å²) in [5.41, 5.74) is 0. The lowest BCUT2D eigenvalue weighted by atomic mass is 10.0. The van der Waals surface area contributed by atoms with E-state index in [-0.39, 0.29) is 6.42 Å².